The van der Waals surface area contributed by atoms with E-state index in [1.165, 1.54) is 38.3 Å². The summed E-state index contributed by atoms with van der Waals surface area (Å²) in [6.45, 7) is 2.13. The van der Waals surface area contributed by atoms with Crippen LogP contribution in [0, 0.1) is 18.3 Å². The van der Waals surface area contributed by atoms with E-state index in [0.29, 0.717) is 5.56 Å². The number of hydrogen-bond donors (Lipinski definition) is 0. The van der Waals surface area contributed by atoms with Gasteiger partial charge in [-0.15, -0.1) is 0 Å². The molecule has 3 aromatic carbocycles. The molecule has 0 aliphatic rings. The third kappa shape index (κ3) is 1.82. The summed E-state index contributed by atoms with van der Waals surface area (Å²) in [5.74, 6) is 0. The summed E-state index contributed by atoms with van der Waals surface area (Å²) in [5, 5.41) is 12.6. The Hall–Kier alpha value is -2.70. The van der Waals surface area contributed by atoms with E-state index in [1.807, 2.05) is 30.5 Å². The van der Waals surface area contributed by atoms with Crippen LogP contribution >= 0.6 is 11.5 Å². The van der Waals surface area contributed by atoms with Gasteiger partial charge in [-0.1, -0.05) is 42.5 Å². The lowest BCUT2D eigenvalue weighted by Gasteiger charge is -2.11. The van der Waals surface area contributed by atoms with Crippen molar-refractivity contribution in [1.29, 1.82) is 5.26 Å². The number of aromatic nitrogens is 1. The molecule has 0 saturated heterocycles. The maximum absolute atomic E-state index is 9.33. The summed E-state index contributed by atoms with van der Waals surface area (Å²) in [4.78, 5) is 0. The average molecular weight is 300 g/mol. The fourth-order valence-corrected chi connectivity index (χ4v) is 3.84. The van der Waals surface area contributed by atoms with Gasteiger partial charge < -0.3 is 0 Å². The molecule has 0 atom stereocenters. The van der Waals surface area contributed by atoms with Gasteiger partial charge in [0.1, 0.15) is 0 Å². The molecule has 2 nitrogen and oxygen atoms in total. The molecule has 0 N–H and O–H groups in total. The molecule has 1 heterocycles. The van der Waals surface area contributed by atoms with Crippen molar-refractivity contribution in [3.05, 3.63) is 65.9 Å². The molecule has 0 unspecified atom stereocenters. The van der Waals surface area contributed by atoms with Crippen LogP contribution in [-0.2, 0) is 0 Å². The molecule has 0 amide bonds. The van der Waals surface area contributed by atoms with Crippen LogP contribution in [0.15, 0.2) is 54.7 Å². The molecule has 3 heteroatoms. The Labute approximate surface area is 132 Å². The first-order valence-electron chi connectivity index (χ1n) is 7.06. The summed E-state index contributed by atoms with van der Waals surface area (Å²) in [6, 6.07) is 18.6. The standard InChI is InChI=1S/C19H12N2S/c1-12-6-7-14-11-21-22-19(14)18(12)17-9-8-13(10-20)15-4-2-3-5-16(15)17/h2-9,11H,1H3. The maximum Gasteiger partial charge on any atom is 0.0998 e. The number of nitrogens with zero attached hydrogens (tertiary/aromatic N) is 2. The van der Waals surface area contributed by atoms with Gasteiger partial charge in [0.2, 0.25) is 0 Å². The van der Waals surface area contributed by atoms with Gasteiger partial charge in [-0.3, -0.25) is 0 Å². The first-order valence-corrected chi connectivity index (χ1v) is 7.83. The predicted molar refractivity (Wildman–Crippen MR) is 92.0 cm³/mol. The van der Waals surface area contributed by atoms with Crippen molar-refractivity contribution in [1.82, 2.24) is 4.37 Å². The number of aryl methyl sites for hydroxylation is 1. The average Bonchev–Trinajstić information content (AvgIpc) is 3.03. The Bertz CT molecular complexity index is 1050. The van der Waals surface area contributed by atoms with Crippen LogP contribution in [0.5, 0.6) is 0 Å². The third-order valence-corrected chi connectivity index (χ3v) is 4.88. The first-order chi connectivity index (χ1) is 10.8. The Morgan fingerprint density at radius 3 is 2.64 bits per heavy atom. The lowest BCUT2D eigenvalue weighted by Crippen LogP contribution is -1.88. The minimum absolute atomic E-state index is 0.716. The van der Waals surface area contributed by atoms with E-state index in [4.69, 9.17) is 0 Å². The quantitative estimate of drug-likeness (QED) is 0.478. The Balaban J connectivity index is 2.17. The van der Waals surface area contributed by atoms with E-state index < -0.39 is 0 Å². The van der Waals surface area contributed by atoms with Gasteiger partial charge in [-0.2, -0.15) is 9.64 Å². The zero-order valence-corrected chi connectivity index (χ0v) is 12.8. The van der Waals surface area contributed by atoms with Crippen molar-refractivity contribution >= 4 is 32.4 Å². The number of fused-ring (bicyclic) bond motifs is 2. The minimum atomic E-state index is 0.716. The monoisotopic (exact) mass is 300 g/mol. The molecule has 22 heavy (non-hydrogen) atoms. The van der Waals surface area contributed by atoms with Gasteiger partial charge in [0.15, 0.2) is 0 Å². The minimum Gasteiger partial charge on any atom is -0.200 e. The third-order valence-electron chi connectivity index (χ3n) is 4.05. The van der Waals surface area contributed by atoms with Crippen LogP contribution in [0.2, 0.25) is 0 Å². The lowest BCUT2D eigenvalue weighted by molar-refractivity contribution is 1.49. The molecule has 0 saturated carbocycles. The van der Waals surface area contributed by atoms with Crippen LogP contribution in [0.25, 0.3) is 32.0 Å². The van der Waals surface area contributed by atoms with Gasteiger partial charge >= 0.3 is 0 Å². The second-order valence-corrected chi connectivity index (χ2v) is 6.12. The largest absolute Gasteiger partial charge is 0.200 e. The lowest BCUT2D eigenvalue weighted by atomic mass is 9.92. The second kappa shape index (κ2) is 4.94. The molecule has 4 aromatic rings. The SMILES string of the molecule is Cc1ccc2cnsc2c1-c1ccc(C#N)c2ccccc12. The summed E-state index contributed by atoms with van der Waals surface area (Å²) in [7, 11) is 0. The number of nitriles is 1. The fraction of sp³-hybridized carbons (Fsp3) is 0.0526. The first kappa shape index (κ1) is 13.0. The van der Waals surface area contributed by atoms with Gasteiger partial charge in [0.25, 0.3) is 0 Å². The van der Waals surface area contributed by atoms with E-state index in [9.17, 15) is 5.26 Å². The van der Waals surface area contributed by atoms with E-state index in [2.05, 4.69) is 41.6 Å². The molecular formula is C19H12N2S. The molecule has 104 valence electrons. The molecule has 1 aromatic heterocycles. The highest BCUT2D eigenvalue weighted by atomic mass is 32.1. The summed E-state index contributed by atoms with van der Waals surface area (Å²) < 4.78 is 5.54. The molecule has 0 fully saturated rings. The van der Waals surface area contributed by atoms with Crippen molar-refractivity contribution < 1.29 is 0 Å². The Morgan fingerprint density at radius 1 is 1.00 bits per heavy atom. The second-order valence-electron chi connectivity index (χ2n) is 5.32. The molecule has 0 aliphatic heterocycles. The van der Waals surface area contributed by atoms with E-state index >= 15 is 0 Å². The van der Waals surface area contributed by atoms with Gasteiger partial charge in [0, 0.05) is 22.5 Å². The zero-order valence-electron chi connectivity index (χ0n) is 12.0. The molecule has 4 rings (SSSR count). The summed E-state index contributed by atoms with van der Waals surface area (Å²) in [5.41, 5.74) is 4.34. The highest BCUT2D eigenvalue weighted by molar-refractivity contribution is 7.14. The Kier molecular flexibility index (Phi) is 2.92. The molecular weight excluding hydrogens is 288 g/mol. The molecule has 0 radical (unpaired) electrons. The fourth-order valence-electron chi connectivity index (χ4n) is 2.98. The van der Waals surface area contributed by atoms with Crippen molar-refractivity contribution in [2.75, 3.05) is 0 Å². The predicted octanol–water partition coefficient (Wildman–Crippen LogP) is 5.30. The van der Waals surface area contributed by atoms with E-state index in [-0.39, 0.29) is 0 Å². The van der Waals surface area contributed by atoms with Crippen LogP contribution < -0.4 is 0 Å². The van der Waals surface area contributed by atoms with Crippen LogP contribution in [0.1, 0.15) is 11.1 Å². The molecule has 0 aliphatic carbocycles. The van der Waals surface area contributed by atoms with Crippen LogP contribution in [0.3, 0.4) is 0 Å². The van der Waals surface area contributed by atoms with Crippen molar-refractivity contribution in [2.45, 2.75) is 6.92 Å². The zero-order chi connectivity index (χ0) is 15.1. The van der Waals surface area contributed by atoms with Crippen molar-refractivity contribution in [3.8, 4) is 17.2 Å². The van der Waals surface area contributed by atoms with Crippen LogP contribution in [0.4, 0.5) is 0 Å². The summed E-state index contributed by atoms with van der Waals surface area (Å²) in [6.07, 6.45) is 1.91. The van der Waals surface area contributed by atoms with Crippen LogP contribution in [-0.4, -0.2) is 4.37 Å². The smallest absolute Gasteiger partial charge is 0.0998 e. The van der Waals surface area contributed by atoms with E-state index in [1.54, 1.807) is 0 Å². The highest BCUT2D eigenvalue weighted by Gasteiger charge is 2.13. The van der Waals surface area contributed by atoms with Crippen molar-refractivity contribution in [2.24, 2.45) is 0 Å². The normalized spacial score (nSPS) is 10.9. The number of benzene rings is 3. The van der Waals surface area contributed by atoms with Gasteiger partial charge in [-0.05, 0) is 41.0 Å². The van der Waals surface area contributed by atoms with Gasteiger partial charge in [0.05, 0.1) is 16.3 Å². The molecule has 0 spiro atoms. The molecule has 0 bridgehead atoms. The van der Waals surface area contributed by atoms with Crippen molar-refractivity contribution in [3.63, 3.8) is 0 Å². The maximum atomic E-state index is 9.33. The number of hydrogen-bond acceptors (Lipinski definition) is 3. The van der Waals surface area contributed by atoms with E-state index in [0.717, 1.165) is 10.8 Å². The highest BCUT2D eigenvalue weighted by Crippen LogP contribution is 2.38. The van der Waals surface area contributed by atoms with Gasteiger partial charge in [-0.25, -0.2) is 0 Å². The topological polar surface area (TPSA) is 36.7 Å². The number of rotatable bonds is 1. The Morgan fingerprint density at radius 2 is 1.82 bits per heavy atom. The summed E-state index contributed by atoms with van der Waals surface area (Å²) >= 11 is 1.53.